The molecule has 2 saturated heterocycles. The van der Waals surface area contributed by atoms with Crippen molar-refractivity contribution >= 4 is 0 Å². The SMILES string of the molecule is COc1ccccc1CN1CCC2(CC1)Oc1c(OC)cccc1[C@H]1OCCC[C@@H]12. The molecule has 2 aromatic rings. The van der Waals surface area contributed by atoms with E-state index in [9.17, 15) is 0 Å². The Labute approximate surface area is 178 Å². The van der Waals surface area contributed by atoms with Crippen molar-refractivity contribution in [3.05, 3.63) is 53.6 Å². The Bertz CT molecular complexity index is 890. The van der Waals surface area contributed by atoms with Crippen LogP contribution in [0.4, 0.5) is 0 Å². The van der Waals surface area contributed by atoms with E-state index >= 15 is 0 Å². The molecule has 3 aliphatic rings. The number of hydrogen-bond donors (Lipinski definition) is 0. The third-order valence-electron chi connectivity index (χ3n) is 7.13. The summed E-state index contributed by atoms with van der Waals surface area (Å²) in [6.45, 7) is 3.75. The molecule has 0 unspecified atom stereocenters. The zero-order valence-electron chi connectivity index (χ0n) is 17.9. The topological polar surface area (TPSA) is 40.2 Å². The number of methoxy groups -OCH3 is 2. The van der Waals surface area contributed by atoms with E-state index in [4.69, 9.17) is 18.9 Å². The fourth-order valence-electron chi connectivity index (χ4n) is 5.57. The second-order valence-corrected chi connectivity index (χ2v) is 8.67. The molecule has 5 heteroatoms. The fourth-order valence-corrected chi connectivity index (χ4v) is 5.57. The van der Waals surface area contributed by atoms with Crippen LogP contribution in [0.3, 0.4) is 0 Å². The van der Waals surface area contributed by atoms with Gasteiger partial charge in [-0.15, -0.1) is 0 Å². The quantitative estimate of drug-likeness (QED) is 0.738. The van der Waals surface area contributed by atoms with Gasteiger partial charge in [-0.3, -0.25) is 4.90 Å². The first-order valence-corrected chi connectivity index (χ1v) is 11.1. The van der Waals surface area contributed by atoms with Crippen LogP contribution in [-0.4, -0.2) is 44.4 Å². The zero-order valence-corrected chi connectivity index (χ0v) is 17.9. The second-order valence-electron chi connectivity index (χ2n) is 8.67. The molecule has 160 valence electrons. The number of nitrogens with zero attached hydrogens (tertiary/aromatic N) is 1. The summed E-state index contributed by atoms with van der Waals surface area (Å²) < 4.78 is 24.4. The van der Waals surface area contributed by atoms with Crippen molar-refractivity contribution in [1.82, 2.24) is 4.90 Å². The maximum atomic E-state index is 6.84. The molecule has 3 aliphatic heterocycles. The summed E-state index contributed by atoms with van der Waals surface area (Å²) in [5.41, 5.74) is 2.22. The lowest BCUT2D eigenvalue weighted by Gasteiger charge is -2.53. The highest BCUT2D eigenvalue weighted by Crippen LogP contribution is 2.55. The highest BCUT2D eigenvalue weighted by molar-refractivity contribution is 5.50. The number of fused-ring (bicyclic) bond motifs is 4. The van der Waals surface area contributed by atoms with Gasteiger partial charge in [0.05, 0.1) is 20.3 Å². The lowest BCUT2D eigenvalue weighted by molar-refractivity contribution is -0.150. The molecule has 30 heavy (non-hydrogen) atoms. The van der Waals surface area contributed by atoms with Gasteiger partial charge in [-0.25, -0.2) is 0 Å². The van der Waals surface area contributed by atoms with Gasteiger partial charge in [0.25, 0.3) is 0 Å². The first kappa shape index (κ1) is 19.7. The van der Waals surface area contributed by atoms with Crippen LogP contribution >= 0.6 is 0 Å². The smallest absolute Gasteiger partial charge is 0.167 e. The number of likely N-dealkylation sites (tertiary alicyclic amines) is 1. The predicted molar refractivity (Wildman–Crippen MR) is 115 cm³/mol. The van der Waals surface area contributed by atoms with Gasteiger partial charge in [0.2, 0.25) is 0 Å². The molecule has 5 nitrogen and oxygen atoms in total. The van der Waals surface area contributed by atoms with Crippen LogP contribution in [0.2, 0.25) is 0 Å². The number of piperidine rings is 1. The molecule has 0 saturated carbocycles. The Balaban J connectivity index is 1.38. The normalized spacial score (nSPS) is 25.1. The van der Waals surface area contributed by atoms with Crippen molar-refractivity contribution < 1.29 is 18.9 Å². The molecule has 0 aliphatic carbocycles. The molecule has 2 aromatic carbocycles. The van der Waals surface area contributed by atoms with E-state index in [2.05, 4.69) is 23.1 Å². The molecular formula is C25H31NO4. The van der Waals surface area contributed by atoms with E-state index in [0.29, 0.717) is 5.92 Å². The number of ether oxygens (including phenoxy) is 4. The van der Waals surface area contributed by atoms with Crippen molar-refractivity contribution in [3.63, 3.8) is 0 Å². The predicted octanol–water partition coefficient (Wildman–Crippen LogP) is 4.60. The summed E-state index contributed by atoms with van der Waals surface area (Å²) in [5.74, 6) is 3.07. The molecule has 0 aromatic heterocycles. The van der Waals surface area contributed by atoms with Crippen LogP contribution in [0.15, 0.2) is 42.5 Å². The van der Waals surface area contributed by atoms with Crippen molar-refractivity contribution in [1.29, 1.82) is 0 Å². The van der Waals surface area contributed by atoms with Crippen LogP contribution in [0.5, 0.6) is 17.2 Å². The Morgan fingerprint density at radius 2 is 1.77 bits per heavy atom. The highest BCUT2D eigenvalue weighted by Gasteiger charge is 2.53. The van der Waals surface area contributed by atoms with Crippen LogP contribution in [0.25, 0.3) is 0 Å². The van der Waals surface area contributed by atoms with Gasteiger partial charge in [-0.05, 0) is 25.0 Å². The molecule has 3 heterocycles. The molecule has 1 spiro atoms. The molecule has 0 N–H and O–H groups in total. The Morgan fingerprint density at radius 3 is 2.57 bits per heavy atom. The molecule has 0 radical (unpaired) electrons. The minimum atomic E-state index is -0.177. The van der Waals surface area contributed by atoms with Gasteiger partial charge in [0, 0.05) is 56.1 Å². The van der Waals surface area contributed by atoms with Gasteiger partial charge in [0.15, 0.2) is 11.5 Å². The van der Waals surface area contributed by atoms with E-state index in [1.807, 2.05) is 24.3 Å². The first-order chi connectivity index (χ1) is 14.7. The monoisotopic (exact) mass is 409 g/mol. The van der Waals surface area contributed by atoms with E-state index < -0.39 is 0 Å². The average Bonchev–Trinajstić information content (AvgIpc) is 2.81. The summed E-state index contributed by atoms with van der Waals surface area (Å²) in [5, 5.41) is 0. The molecule has 2 atom stereocenters. The van der Waals surface area contributed by atoms with Crippen LogP contribution in [0, 0.1) is 5.92 Å². The number of para-hydroxylation sites is 2. The van der Waals surface area contributed by atoms with Gasteiger partial charge in [-0.1, -0.05) is 30.3 Å². The van der Waals surface area contributed by atoms with Crippen molar-refractivity contribution in [2.24, 2.45) is 5.92 Å². The molecule has 5 rings (SSSR count). The van der Waals surface area contributed by atoms with Crippen LogP contribution in [0.1, 0.15) is 42.9 Å². The maximum absolute atomic E-state index is 6.84. The Morgan fingerprint density at radius 1 is 1.00 bits per heavy atom. The first-order valence-electron chi connectivity index (χ1n) is 11.1. The van der Waals surface area contributed by atoms with Gasteiger partial charge in [0.1, 0.15) is 11.4 Å². The molecule has 2 fully saturated rings. The van der Waals surface area contributed by atoms with E-state index in [1.165, 1.54) is 5.56 Å². The van der Waals surface area contributed by atoms with Gasteiger partial charge in [-0.2, -0.15) is 0 Å². The summed E-state index contributed by atoms with van der Waals surface area (Å²) in [7, 11) is 3.46. The highest BCUT2D eigenvalue weighted by atomic mass is 16.5. The second kappa shape index (κ2) is 8.12. The number of rotatable bonds is 4. The number of hydrogen-bond acceptors (Lipinski definition) is 5. The lowest BCUT2D eigenvalue weighted by atomic mass is 9.70. The van der Waals surface area contributed by atoms with Gasteiger partial charge < -0.3 is 18.9 Å². The lowest BCUT2D eigenvalue weighted by Crippen LogP contribution is -2.57. The van der Waals surface area contributed by atoms with E-state index in [-0.39, 0.29) is 11.7 Å². The van der Waals surface area contributed by atoms with E-state index in [1.54, 1.807) is 14.2 Å². The minimum Gasteiger partial charge on any atom is -0.496 e. The summed E-state index contributed by atoms with van der Waals surface area (Å²) >= 11 is 0. The molecular weight excluding hydrogens is 378 g/mol. The third-order valence-corrected chi connectivity index (χ3v) is 7.13. The standard InChI is InChI=1S/C25H31NO4/c1-27-21-10-4-3-7-18(21)17-26-14-12-25(13-15-26)20-9-6-16-29-23(20)19-8-5-11-22(28-2)24(19)30-25/h3-5,7-8,10-11,20,23H,6,9,12-17H2,1-2H3/t20-,23+/m0/s1. The average molecular weight is 410 g/mol. The zero-order chi connectivity index (χ0) is 20.6. The minimum absolute atomic E-state index is 0.110. The van der Waals surface area contributed by atoms with Crippen molar-refractivity contribution in [3.8, 4) is 17.2 Å². The van der Waals surface area contributed by atoms with Gasteiger partial charge >= 0.3 is 0 Å². The van der Waals surface area contributed by atoms with Crippen LogP contribution in [-0.2, 0) is 11.3 Å². The van der Waals surface area contributed by atoms with Crippen molar-refractivity contribution in [2.75, 3.05) is 33.9 Å². The maximum Gasteiger partial charge on any atom is 0.167 e. The molecule has 0 amide bonds. The third kappa shape index (κ3) is 3.34. The van der Waals surface area contributed by atoms with E-state index in [0.717, 1.165) is 74.7 Å². The number of benzene rings is 2. The van der Waals surface area contributed by atoms with Crippen LogP contribution < -0.4 is 14.2 Å². The Kier molecular flexibility index (Phi) is 5.34. The largest absolute Gasteiger partial charge is 0.496 e. The fraction of sp³-hybridized carbons (Fsp3) is 0.520. The molecule has 0 bridgehead atoms. The summed E-state index contributed by atoms with van der Waals surface area (Å²) in [6, 6.07) is 14.5. The van der Waals surface area contributed by atoms with Crippen molar-refractivity contribution in [2.45, 2.75) is 43.9 Å². The summed E-state index contributed by atoms with van der Waals surface area (Å²) in [6.07, 6.45) is 4.39. The Hall–Kier alpha value is -2.24. The summed E-state index contributed by atoms with van der Waals surface area (Å²) in [4.78, 5) is 2.52.